The smallest absolute Gasteiger partial charge is 0.253 e. The highest BCUT2D eigenvalue weighted by Crippen LogP contribution is 2.22. The summed E-state index contributed by atoms with van der Waals surface area (Å²) in [6.45, 7) is 2.12. The summed E-state index contributed by atoms with van der Waals surface area (Å²) in [5.74, 6) is 0.670. The van der Waals surface area contributed by atoms with Crippen LogP contribution in [0.1, 0.15) is 23.2 Å². The Kier molecular flexibility index (Phi) is 6.44. The summed E-state index contributed by atoms with van der Waals surface area (Å²) in [6, 6.07) is 16.5. The van der Waals surface area contributed by atoms with Crippen molar-refractivity contribution in [2.24, 2.45) is 11.7 Å². The Labute approximate surface area is 159 Å². The van der Waals surface area contributed by atoms with Crippen LogP contribution in [0.2, 0.25) is 0 Å². The Balaban J connectivity index is 1.49. The van der Waals surface area contributed by atoms with E-state index in [0.29, 0.717) is 44.6 Å². The lowest BCUT2D eigenvalue weighted by Crippen LogP contribution is -2.41. The van der Waals surface area contributed by atoms with Crippen molar-refractivity contribution in [1.29, 1.82) is 0 Å². The van der Waals surface area contributed by atoms with Crippen LogP contribution in [0.15, 0.2) is 54.6 Å². The van der Waals surface area contributed by atoms with Gasteiger partial charge in [0.15, 0.2) is 0 Å². The molecular weight excluding hydrogens is 342 g/mol. The average molecular weight is 367 g/mol. The summed E-state index contributed by atoms with van der Waals surface area (Å²) >= 11 is 0. The van der Waals surface area contributed by atoms with Crippen LogP contribution in [0, 0.1) is 5.92 Å². The number of amides is 2. The van der Waals surface area contributed by atoms with Crippen molar-refractivity contribution < 1.29 is 14.3 Å². The van der Waals surface area contributed by atoms with Gasteiger partial charge >= 0.3 is 0 Å². The third-order valence-electron chi connectivity index (χ3n) is 4.68. The molecule has 0 atom stereocenters. The van der Waals surface area contributed by atoms with Gasteiger partial charge in [-0.25, -0.2) is 0 Å². The third-order valence-corrected chi connectivity index (χ3v) is 4.68. The largest absolute Gasteiger partial charge is 0.492 e. The first-order chi connectivity index (χ1) is 13.2. The quantitative estimate of drug-likeness (QED) is 0.822. The number of rotatable bonds is 6. The molecule has 142 valence electrons. The van der Waals surface area contributed by atoms with Gasteiger partial charge in [-0.2, -0.15) is 0 Å². The number of carbonyl (C=O) groups is 2. The Morgan fingerprint density at radius 1 is 1.04 bits per heavy atom. The van der Waals surface area contributed by atoms with Gasteiger partial charge in [0.2, 0.25) is 5.91 Å². The second-order valence-electron chi connectivity index (χ2n) is 6.58. The zero-order valence-electron chi connectivity index (χ0n) is 15.3. The van der Waals surface area contributed by atoms with E-state index in [9.17, 15) is 9.59 Å². The predicted molar refractivity (Wildman–Crippen MR) is 105 cm³/mol. The van der Waals surface area contributed by atoms with E-state index in [1.807, 2.05) is 59.5 Å². The van der Waals surface area contributed by atoms with E-state index in [2.05, 4.69) is 5.32 Å². The SMILES string of the molecule is NCCOc1ccc(NC(=O)C2CCN(C(=O)c3ccccc3)CC2)cc1. The van der Waals surface area contributed by atoms with E-state index >= 15 is 0 Å². The minimum absolute atomic E-state index is 0.00237. The predicted octanol–water partition coefficient (Wildman–Crippen LogP) is 2.51. The Morgan fingerprint density at radius 2 is 1.70 bits per heavy atom. The highest BCUT2D eigenvalue weighted by molar-refractivity contribution is 5.95. The summed E-state index contributed by atoms with van der Waals surface area (Å²) in [5, 5.41) is 2.95. The van der Waals surface area contributed by atoms with Crippen LogP contribution in [0.25, 0.3) is 0 Å². The first-order valence-electron chi connectivity index (χ1n) is 9.25. The van der Waals surface area contributed by atoms with Gasteiger partial charge in [0.1, 0.15) is 12.4 Å². The van der Waals surface area contributed by atoms with E-state index in [0.717, 1.165) is 11.4 Å². The second kappa shape index (κ2) is 9.19. The minimum Gasteiger partial charge on any atom is -0.492 e. The topological polar surface area (TPSA) is 84.7 Å². The van der Waals surface area contributed by atoms with Crippen LogP contribution >= 0.6 is 0 Å². The van der Waals surface area contributed by atoms with Gasteiger partial charge in [-0.15, -0.1) is 0 Å². The molecule has 0 aliphatic carbocycles. The minimum atomic E-state index is -0.0852. The molecule has 0 saturated carbocycles. The zero-order valence-corrected chi connectivity index (χ0v) is 15.3. The summed E-state index contributed by atoms with van der Waals surface area (Å²) in [4.78, 5) is 26.8. The van der Waals surface area contributed by atoms with Crippen molar-refractivity contribution in [3.8, 4) is 5.75 Å². The lowest BCUT2D eigenvalue weighted by atomic mass is 9.95. The summed E-state index contributed by atoms with van der Waals surface area (Å²) < 4.78 is 5.43. The number of ether oxygens (including phenoxy) is 1. The van der Waals surface area contributed by atoms with Crippen molar-refractivity contribution in [2.45, 2.75) is 12.8 Å². The Bertz CT molecular complexity index is 754. The molecule has 2 aromatic carbocycles. The fourth-order valence-electron chi connectivity index (χ4n) is 3.16. The number of nitrogens with two attached hydrogens (primary N) is 1. The number of benzene rings is 2. The molecule has 0 unspecified atom stereocenters. The van der Waals surface area contributed by atoms with Crippen LogP contribution < -0.4 is 15.8 Å². The lowest BCUT2D eigenvalue weighted by molar-refractivity contribution is -0.121. The van der Waals surface area contributed by atoms with Crippen LogP contribution in [0.4, 0.5) is 5.69 Å². The maximum atomic E-state index is 12.5. The molecule has 3 N–H and O–H groups in total. The number of likely N-dealkylation sites (tertiary alicyclic amines) is 1. The molecule has 6 nitrogen and oxygen atoms in total. The zero-order chi connectivity index (χ0) is 19.1. The molecule has 1 aliphatic rings. The van der Waals surface area contributed by atoms with E-state index in [1.54, 1.807) is 0 Å². The monoisotopic (exact) mass is 367 g/mol. The fraction of sp³-hybridized carbons (Fsp3) is 0.333. The molecule has 2 amide bonds. The van der Waals surface area contributed by atoms with Gasteiger partial charge in [-0.1, -0.05) is 18.2 Å². The summed E-state index contributed by atoms with van der Waals surface area (Å²) in [7, 11) is 0. The van der Waals surface area contributed by atoms with Crippen LogP contribution in [0.5, 0.6) is 5.75 Å². The highest BCUT2D eigenvalue weighted by Gasteiger charge is 2.27. The van der Waals surface area contributed by atoms with Crippen LogP contribution in [-0.4, -0.2) is 43.0 Å². The van der Waals surface area contributed by atoms with E-state index < -0.39 is 0 Å². The molecule has 0 bridgehead atoms. The number of nitrogens with one attached hydrogen (secondary N) is 1. The van der Waals surface area contributed by atoms with Gasteiger partial charge in [0.25, 0.3) is 5.91 Å². The number of hydrogen-bond acceptors (Lipinski definition) is 4. The summed E-state index contributed by atoms with van der Waals surface area (Å²) in [6.07, 6.45) is 1.34. The molecule has 0 spiro atoms. The van der Waals surface area contributed by atoms with Gasteiger partial charge in [-0.05, 0) is 49.2 Å². The Morgan fingerprint density at radius 3 is 2.33 bits per heavy atom. The molecule has 1 saturated heterocycles. The molecule has 27 heavy (non-hydrogen) atoms. The van der Waals surface area contributed by atoms with Gasteiger partial charge in [0.05, 0.1) is 0 Å². The molecule has 6 heteroatoms. The molecule has 1 fully saturated rings. The first kappa shape index (κ1) is 18.9. The van der Waals surface area contributed by atoms with Crippen molar-refractivity contribution in [2.75, 3.05) is 31.6 Å². The van der Waals surface area contributed by atoms with E-state index in [4.69, 9.17) is 10.5 Å². The molecule has 0 radical (unpaired) electrons. The fourth-order valence-corrected chi connectivity index (χ4v) is 3.16. The van der Waals surface area contributed by atoms with Crippen LogP contribution in [0.3, 0.4) is 0 Å². The lowest BCUT2D eigenvalue weighted by Gasteiger charge is -2.31. The maximum Gasteiger partial charge on any atom is 0.253 e. The van der Waals surface area contributed by atoms with Gasteiger partial charge < -0.3 is 20.7 Å². The first-order valence-corrected chi connectivity index (χ1v) is 9.25. The number of piperidine rings is 1. The van der Waals surface area contributed by atoms with Crippen molar-refractivity contribution in [3.05, 3.63) is 60.2 Å². The highest BCUT2D eigenvalue weighted by atomic mass is 16.5. The van der Waals surface area contributed by atoms with Crippen LogP contribution in [-0.2, 0) is 4.79 Å². The average Bonchev–Trinajstić information content (AvgIpc) is 2.73. The second-order valence-corrected chi connectivity index (χ2v) is 6.58. The van der Waals surface area contributed by atoms with E-state index in [-0.39, 0.29) is 17.7 Å². The third kappa shape index (κ3) is 5.08. The molecule has 0 aromatic heterocycles. The maximum absolute atomic E-state index is 12.5. The number of nitrogens with zero attached hydrogens (tertiary/aromatic N) is 1. The molecule has 1 aliphatic heterocycles. The molecular formula is C21H25N3O3. The normalized spacial score (nSPS) is 14.6. The Hall–Kier alpha value is -2.86. The van der Waals surface area contributed by atoms with Gasteiger partial charge in [-0.3, -0.25) is 9.59 Å². The standard InChI is InChI=1S/C21H25N3O3/c22-12-15-27-19-8-6-18(7-9-19)23-20(25)16-10-13-24(14-11-16)21(26)17-4-2-1-3-5-17/h1-9,16H,10-15,22H2,(H,23,25). The molecule has 1 heterocycles. The molecule has 3 rings (SSSR count). The van der Waals surface area contributed by atoms with Gasteiger partial charge in [0, 0.05) is 36.8 Å². The molecule has 2 aromatic rings. The number of anilines is 1. The number of carbonyl (C=O) groups excluding carboxylic acids is 2. The van der Waals surface area contributed by atoms with E-state index in [1.165, 1.54) is 0 Å². The van der Waals surface area contributed by atoms with Crippen molar-refractivity contribution in [1.82, 2.24) is 4.90 Å². The van der Waals surface area contributed by atoms with Crippen molar-refractivity contribution in [3.63, 3.8) is 0 Å². The summed E-state index contributed by atoms with van der Waals surface area (Å²) in [5.41, 5.74) is 6.84. The number of hydrogen-bond donors (Lipinski definition) is 2. The van der Waals surface area contributed by atoms with Crippen molar-refractivity contribution >= 4 is 17.5 Å².